The van der Waals surface area contributed by atoms with Crippen LogP contribution in [0, 0.1) is 13.8 Å². The Morgan fingerprint density at radius 2 is 1.84 bits per heavy atom. The number of aryl methyl sites for hydroxylation is 2. The SMILES string of the molecule is CCC[C@H](NCc1cc(=O)oc2c(C)c(C)ccc12)c1ccccc1. The molecular formula is C22H25NO2. The van der Waals surface area contributed by atoms with Crippen molar-refractivity contribution in [2.24, 2.45) is 0 Å². The van der Waals surface area contributed by atoms with E-state index in [9.17, 15) is 4.79 Å². The fourth-order valence-electron chi connectivity index (χ4n) is 3.26. The largest absolute Gasteiger partial charge is 0.422 e. The van der Waals surface area contributed by atoms with Crippen LogP contribution >= 0.6 is 0 Å². The Balaban J connectivity index is 1.92. The maximum absolute atomic E-state index is 12.0. The molecule has 0 saturated carbocycles. The maximum Gasteiger partial charge on any atom is 0.336 e. The van der Waals surface area contributed by atoms with Crippen molar-refractivity contribution < 1.29 is 4.42 Å². The lowest BCUT2D eigenvalue weighted by Gasteiger charge is -2.19. The summed E-state index contributed by atoms with van der Waals surface area (Å²) in [4.78, 5) is 12.0. The van der Waals surface area contributed by atoms with Crippen molar-refractivity contribution >= 4 is 11.0 Å². The zero-order valence-corrected chi connectivity index (χ0v) is 15.1. The van der Waals surface area contributed by atoms with E-state index in [-0.39, 0.29) is 11.7 Å². The third kappa shape index (κ3) is 3.83. The average molecular weight is 335 g/mol. The molecule has 1 heterocycles. The van der Waals surface area contributed by atoms with Crippen LogP contribution in [0.3, 0.4) is 0 Å². The number of hydrogen-bond donors (Lipinski definition) is 1. The van der Waals surface area contributed by atoms with Crippen molar-refractivity contribution in [2.45, 2.75) is 46.2 Å². The van der Waals surface area contributed by atoms with E-state index in [4.69, 9.17) is 4.42 Å². The first kappa shape index (κ1) is 17.4. The Morgan fingerprint density at radius 1 is 1.08 bits per heavy atom. The van der Waals surface area contributed by atoms with Crippen molar-refractivity contribution in [3.05, 3.63) is 81.2 Å². The van der Waals surface area contributed by atoms with Crippen molar-refractivity contribution in [1.82, 2.24) is 5.32 Å². The van der Waals surface area contributed by atoms with Gasteiger partial charge in [-0.3, -0.25) is 0 Å². The summed E-state index contributed by atoms with van der Waals surface area (Å²) in [6, 6.07) is 16.5. The Kier molecular flexibility index (Phi) is 5.34. The normalized spacial score (nSPS) is 12.4. The van der Waals surface area contributed by atoms with Crippen molar-refractivity contribution in [3.63, 3.8) is 0 Å². The first-order valence-corrected chi connectivity index (χ1v) is 8.91. The van der Waals surface area contributed by atoms with Gasteiger partial charge in [-0.25, -0.2) is 4.79 Å². The van der Waals surface area contributed by atoms with Crippen LogP contribution in [-0.4, -0.2) is 0 Å². The van der Waals surface area contributed by atoms with Crippen LogP contribution in [0.15, 0.2) is 57.7 Å². The molecule has 2 aromatic carbocycles. The zero-order chi connectivity index (χ0) is 17.8. The van der Waals surface area contributed by atoms with Crippen molar-refractivity contribution in [1.29, 1.82) is 0 Å². The molecule has 0 spiro atoms. The Labute approximate surface area is 148 Å². The minimum Gasteiger partial charge on any atom is -0.422 e. The third-order valence-corrected chi connectivity index (χ3v) is 4.84. The molecule has 0 amide bonds. The molecule has 0 bridgehead atoms. The molecule has 0 fully saturated rings. The smallest absolute Gasteiger partial charge is 0.336 e. The van der Waals surface area contributed by atoms with E-state index in [1.54, 1.807) is 6.07 Å². The topological polar surface area (TPSA) is 42.2 Å². The second-order valence-corrected chi connectivity index (χ2v) is 6.61. The second-order valence-electron chi connectivity index (χ2n) is 6.61. The van der Waals surface area contributed by atoms with E-state index in [0.717, 1.165) is 34.9 Å². The standard InChI is InChI=1S/C22H25NO2/c1-4-8-20(17-9-6-5-7-10-17)23-14-18-13-21(24)25-22-16(3)15(2)11-12-19(18)22/h5-7,9-13,20,23H,4,8,14H2,1-3H3/t20-/m0/s1. The van der Waals surface area contributed by atoms with Gasteiger partial charge in [0.1, 0.15) is 5.58 Å². The second kappa shape index (κ2) is 7.66. The molecule has 3 nitrogen and oxygen atoms in total. The first-order chi connectivity index (χ1) is 12.1. The summed E-state index contributed by atoms with van der Waals surface area (Å²) in [6.07, 6.45) is 2.16. The first-order valence-electron chi connectivity index (χ1n) is 8.91. The highest BCUT2D eigenvalue weighted by atomic mass is 16.4. The molecule has 1 N–H and O–H groups in total. The maximum atomic E-state index is 12.0. The lowest BCUT2D eigenvalue weighted by atomic mass is 10.0. The van der Waals surface area contributed by atoms with Gasteiger partial charge in [-0.2, -0.15) is 0 Å². The number of fused-ring (bicyclic) bond motifs is 1. The molecule has 1 atom stereocenters. The monoisotopic (exact) mass is 335 g/mol. The van der Waals surface area contributed by atoms with Gasteiger partial charge in [0.2, 0.25) is 0 Å². The van der Waals surface area contributed by atoms with Crippen LogP contribution in [-0.2, 0) is 6.54 Å². The summed E-state index contributed by atoms with van der Waals surface area (Å²) < 4.78 is 5.47. The minimum atomic E-state index is -0.287. The predicted octanol–water partition coefficient (Wildman–Crippen LogP) is 5.04. The third-order valence-electron chi connectivity index (χ3n) is 4.84. The van der Waals surface area contributed by atoms with Crippen molar-refractivity contribution in [3.8, 4) is 0 Å². The molecule has 130 valence electrons. The van der Waals surface area contributed by atoms with Gasteiger partial charge in [-0.15, -0.1) is 0 Å². The summed E-state index contributed by atoms with van der Waals surface area (Å²) >= 11 is 0. The number of rotatable bonds is 6. The quantitative estimate of drug-likeness (QED) is 0.642. The van der Waals surface area contributed by atoms with Crippen LogP contribution in [0.25, 0.3) is 11.0 Å². The van der Waals surface area contributed by atoms with Crippen LogP contribution in [0.2, 0.25) is 0 Å². The van der Waals surface area contributed by atoms with E-state index in [0.29, 0.717) is 12.1 Å². The number of nitrogens with one attached hydrogen (secondary N) is 1. The molecule has 3 rings (SSSR count). The van der Waals surface area contributed by atoms with Gasteiger partial charge >= 0.3 is 5.63 Å². The van der Waals surface area contributed by atoms with E-state index in [1.165, 1.54) is 5.56 Å². The van der Waals surface area contributed by atoms with Crippen LogP contribution in [0.5, 0.6) is 0 Å². The van der Waals surface area contributed by atoms with E-state index < -0.39 is 0 Å². The zero-order valence-electron chi connectivity index (χ0n) is 15.1. The molecule has 3 heteroatoms. The Morgan fingerprint density at radius 3 is 2.56 bits per heavy atom. The van der Waals surface area contributed by atoms with E-state index >= 15 is 0 Å². The highest BCUT2D eigenvalue weighted by Crippen LogP contribution is 2.24. The van der Waals surface area contributed by atoms with E-state index in [1.807, 2.05) is 19.9 Å². The highest BCUT2D eigenvalue weighted by molar-refractivity contribution is 5.83. The molecule has 0 aliphatic carbocycles. The van der Waals surface area contributed by atoms with Crippen LogP contribution in [0.4, 0.5) is 0 Å². The molecule has 25 heavy (non-hydrogen) atoms. The van der Waals surface area contributed by atoms with Gasteiger partial charge in [0, 0.05) is 24.0 Å². The molecule has 0 radical (unpaired) electrons. The number of benzene rings is 2. The summed E-state index contributed by atoms with van der Waals surface area (Å²) in [5.41, 5.74) is 4.86. The molecule has 0 aliphatic rings. The predicted molar refractivity (Wildman–Crippen MR) is 103 cm³/mol. The molecule has 0 saturated heterocycles. The fraction of sp³-hybridized carbons (Fsp3) is 0.318. The summed E-state index contributed by atoms with van der Waals surface area (Å²) in [6.45, 7) is 6.87. The van der Waals surface area contributed by atoms with E-state index in [2.05, 4.69) is 48.6 Å². The van der Waals surface area contributed by atoms with Gasteiger partial charge in [-0.1, -0.05) is 55.8 Å². The molecule has 1 aromatic heterocycles. The van der Waals surface area contributed by atoms with Gasteiger partial charge in [-0.05, 0) is 42.5 Å². The van der Waals surface area contributed by atoms with Gasteiger partial charge in [0.05, 0.1) is 0 Å². The van der Waals surface area contributed by atoms with Crippen LogP contribution < -0.4 is 10.9 Å². The average Bonchev–Trinajstić information content (AvgIpc) is 2.62. The summed E-state index contributed by atoms with van der Waals surface area (Å²) in [5, 5.41) is 4.64. The van der Waals surface area contributed by atoms with Gasteiger partial charge < -0.3 is 9.73 Å². The Hall–Kier alpha value is -2.39. The lowest BCUT2D eigenvalue weighted by molar-refractivity contribution is 0.491. The minimum absolute atomic E-state index is 0.278. The number of hydrogen-bond acceptors (Lipinski definition) is 3. The molecule has 0 aliphatic heterocycles. The summed E-state index contributed by atoms with van der Waals surface area (Å²) in [5.74, 6) is 0. The van der Waals surface area contributed by atoms with Gasteiger partial charge in [0.25, 0.3) is 0 Å². The lowest BCUT2D eigenvalue weighted by Crippen LogP contribution is -2.21. The fourth-order valence-corrected chi connectivity index (χ4v) is 3.26. The molecule has 3 aromatic rings. The molecular weight excluding hydrogens is 310 g/mol. The van der Waals surface area contributed by atoms with Crippen LogP contribution in [0.1, 0.15) is 48.1 Å². The van der Waals surface area contributed by atoms with Crippen molar-refractivity contribution in [2.75, 3.05) is 0 Å². The highest BCUT2D eigenvalue weighted by Gasteiger charge is 2.13. The van der Waals surface area contributed by atoms with Gasteiger partial charge in [0.15, 0.2) is 0 Å². The Bertz CT molecular complexity index is 912. The molecule has 0 unspecified atom stereocenters. The summed E-state index contributed by atoms with van der Waals surface area (Å²) in [7, 11) is 0.